The molecule has 1 saturated carbocycles. The Kier molecular flexibility index (Phi) is 7.48. The normalized spacial score (nSPS) is 22.3. The van der Waals surface area contributed by atoms with Crippen LogP contribution >= 0.6 is 0 Å². The average molecular weight is 502 g/mol. The molecule has 1 aliphatic carbocycles. The summed E-state index contributed by atoms with van der Waals surface area (Å²) >= 11 is 0. The molecular formula is C26H32FN3O4S. The van der Waals surface area contributed by atoms with Gasteiger partial charge in [0.15, 0.2) is 0 Å². The zero-order chi connectivity index (χ0) is 25.2. The molecule has 9 heteroatoms. The quantitative estimate of drug-likeness (QED) is 0.576. The molecular weight excluding hydrogens is 469 g/mol. The lowest BCUT2D eigenvalue weighted by Gasteiger charge is -2.49. The van der Waals surface area contributed by atoms with Crippen molar-refractivity contribution in [2.45, 2.75) is 56.6 Å². The highest BCUT2D eigenvalue weighted by atomic mass is 32.2. The molecule has 188 valence electrons. The van der Waals surface area contributed by atoms with Crippen LogP contribution in [0, 0.1) is 36.4 Å². The Morgan fingerprint density at radius 3 is 2.51 bits per heavy atom. The van der Waals surface area contributed by atoms with E-state index in [0.29, 0.717) is 22.8 Å². The Morgan fingerprint density at radius 1 is 1.17 bits per heavy atom. The zero-order valence-corrected chi connectivity index (χ0v) is 20.9. The molecule has 0 radical (unpaired) electrons. The second kappa shape index (κ2) is 10.2. The Bertz CT molecular complexity index is 1210. The number of aliphatic hydroxyl groups is 1. The van der Waals surface area contributed by atoms with Crippen molar-refractivity contribution >= 4 is 10.0 Å². The average Bonchev–Trinajstić information content (AvgIpc) is 2.79. The number of sulfonamides is 1. The predicted octanol–water partition coefficient (Wildman–Crippen LogP) is 3.28. The van der Waals surface area contributed by atoms with Crippen LogP contribution in [-0.2, 0) is 10.0 Å². The van der Waals surface area contributed by atoms with E-state index >= 15 is 0 Å². The number of halogens is 1. The van der Waals surface area contributed by atoms with Crippen molar-refractivity contribution in [2.24, 2.45) is 5.41 Å². The molecule has 2 aliphatic rings. The van der Waals surface area contributed by atoms with Crippen LogP contribution in [0.15, 0.2) is 41.3 Å². The minimum atomic E-state index is -3.65. The summed E-state index contributed by atoms with van der Waals surface area (Å²) in [4.78, 5) is 0.306. The van der Waals surface area contributed by atoms with Crippen LogP contribution in [0.3, 0.4) is 0 Å². The van der Waals surface area contributed by atoms with Gasteiger partial charge in [-0.3, -0.25) is 0 Å². The zero-order valence-electron chi connectivity index (χ0n) is 20.1. The van der Waals surface area contributed by atoms with Crippen LogP contribution in [0.2, 0.25) is 0 Å². The fraction of sp³-hybridized carbons (Fsp3) is 0.500. The number of ether oxygens (including phenoxy) is 1. The maximum absolute atomic E-state index is 14.0. The lowest BCUT2D eigenvalue weighted by atomic mass is 9.81. The lowest BCUT2D eigenvalue weighted by Crippen LogP contribution is -2.65. The molecule has 0 aromatic heterocycles. The van der Waals surface area contributed by atoms with Gasteiger partial charge in [0, 0.05) is 37.2 Å². The summed E-state index contributed by atoms with van der Waals surface area (Å²) in [6.45, 7) is 5.05. The molecule has 1 saturated heterocycles. The molecule has 2 fully saturated rings. The van der Waals surface area contributed by atoms with Crippen molar-refractivity contribution in [1.29, 1.82) is 5.26 Å². The molecule has 0 amide bonds. The monoisotopic (exact) mass is 501 g/mol. The molecule has 2 aromatic carbocycles. The topological polar surface area (TPSA) is 103 Å². The van der Waals surface area contributed by atoms with E-state index in [1.807, 2.05) is 13.0 Å². The number of hydrogen-bond acceptors (Lipinski definition) is 6. The van der Waals surface area contributed by atoms with Gasteiger partial charge in [0.05, 0.1) is 23.2 Å². The predicted molar refractivity (Wildman–Crippen MR) is 130 cm³/mol. The van der Waals surface area contributed by atoms with Gasteiger partial charge in [0.25, 0.3) is 0 Å². The van der Waals surface area contributed by atoms with Gasteiger partial charge in [0.1, 0.15) is 17.6 Å². The van der Waals surface area contributed by atoms with Gasteiger partial charge in [-0.2, -0.15) is 9.57 Å². The molecule has 2 aromatic rings. The highest BCUT2D eigenvalue weighted by molar-refractivity contribution is 7.89. The highest BCUT2D eigenvalue weighted by Crippen LogP contribution is 2.37. The van der Waals surface area contributed by atoms with Gasteiger partial charge in [-0.05, 0) is 63.3 Å². The second-order valence-corrected chi connectivity index (χ2v) is 11.9. The number of nitriles is 1. The van der Waals surface area contributed by atoms with Crippen LogP contribution in [0.1, 0.15) is 42.4 Å². The largest absolute Gasteiger partial charge is 0.493 e. The Hall–Kier alpha value is -2.51. The molecule has 2 N–H and O–H groups in total. The fourth-order valence-electron chi connectivity index (χ4n) is 4.91. The first kappa shape index (κ1) is 25.6. The number of aliphatic hydroxyl groups excluding tert-OH is 1. The van der Waals surface area contributed by atoms with E-state index in [2.05, 4.69) is 5.32 Å². The summed E-state index contributed by atoms with van der Waals surface area (Å²) in [6.07, 6.45) is 2.98. The van der Waals surface area contributed by atoms with Gasteiger partial charge in [0.2, 0.25) is 10.0 Å². The van der Waals surface area contributed by atoms with E-state index in [9.17, 15) is 17.9 Å². The fourth-order valence-corrected chi connectivity index (χ4v) is 6.78. The molecule has 0 unspecified atom stereocenters. The summed E-state index contributed by atoms with van der Waals surface area (Å²) in [7, 11) is -3.65. The molecule has 4 rings (SSSR count). The van der Waals surface area contributed by atoms with Crippen LogP contribution in [0.4, 0.5) is 4.39 Å². The molecule has 0 atom stereocenters. The van der Waals surface area contributed by atoms with Gasteiger partial charge < -0.3 is 15.2 Å². The molecule has 0 bridgehead atoms. The molecule has 35 heavy (non-hydrogen) atoms. The Morgan fingerprint density at radius 2 is 1.89 bits per heavy atom. The minimum absolute atomic E-state index is 0.0532. The minimum Gasteiger partial charge on any atom is -0.493 e. The SMILES string of the molecule is Cc1ccc(S(=O)(=O)N2CC(CNC3CCC(O)CC3)(COc3ccc(C#N)c(F)c3)C2)c(C)c1. The summed E-state index contributed by atoms with van der Waals surface area (Å²) in [6, 6.07) is 11.5. The summed E-state index contributed by atoms with van der Waals surface area (Å²) in [5.41, 5.74) is 1.18. The Labute approximate surface area is 206 Å². The van der Waals surface area contributed by atoms with E-state index in [4.69, 9.17) is 10.00 Å². The number of hydrogen-bond donors (Lipinski definition) is 2. The second-order valence-electron chi connectivity index (χ2n) is 9.97. The smallest absolute Gasteiger partial charge is 0.243 e. The molecule has 0 spiro atoms. The van der Waals surface area contributed by atoms with E-state index < -0.39 is 21.3 Å². The van der Waals surface area contributed by atoms with E-state index in [0.717, 1.165) is 31.2 Å². The third kappa shape index (κ3) is 5.67. The number of rotatable bonds is 8. The van der Waals surface area contributed by atoms with Crippen molar-refractivity contribution in [3.05, 3.63) is 58.9 Å². The van der Waals surface area contributed by atoms with Gasteiger partial charge in [-0.25, -0.2) is 12.8 Å². The van der Waals surface area contributed by atoms with Gasteiger partial charge in [-0.15, -0.1) is 0 Å². The van der Waals surface area contributed by atoms with Crippen LogP contribution < -0.4 is 10.1 Å². The first-order chi connectivity index (χ1) is 16.6. The van der Waals surface area contributed by atoms with E-state index in [-0.39, 0.29) is 37.4 Å². The van der Waals surface area contributed by atoms with Gasteiger partial charge >= 0.3 is 0 Å². The van der Waals surface area contributed by atoms with Crippen molar-refractivity contribution < 1.29 is 22.7 Å². The van der Waals surface area contributed by atoms with Crippen molar-refractivity contribution in [2.75, 3.05) is 26.2 Å². The third-order valence-electron chi connectivity index (χ3n) is 7.04. The van der Waals surface area contributed by atoms with Crippen LogP contribution in [-0.4, -0.2) is 56.2 Å². The van der Waals surface area contributed by atoms with Crippen molar-refractivity contribution in [3.8, 4) is 11.8 Å². The standard InChI is InChI=1S/C26H32FN3O4S/c1-18-3-10-25(19(2)11-18)35(32,33)30-15-26(16-30,14-29-21-5-7-22(31)8-6-21)17-34-23-9-4-20(13-28)24(27)12-23/h3-4,9-12,21-22,29,31H,5-8,14-17H2,1-2H3. The van der Waals surface area contributed by atoms with Crippen LogP contribution in [0.5, 0.6) is 5.75 Å². The summed E-state index contributed by atoms with van der Waals surface area (Å²) in [5.74, 6) is -0.344. The summed E-state index contributed by atoms with van der Waals surface area (Å²) in [5, 5.41) is 22.3. The maximum atomic E-state index is 14.0. The van der Waals surface area contributed by atoms with Gasteiger partial charge in [-0.1, -0.05) is 17.7 Å². The summed E-state index contributed by atoms with van der Waals surface area (Å²) < 4.78 is 48.1. The number of nitrogens with one attached hydrogen (secondary N) is 1. The maximum Gasteiger partial charge on any atom is 0.243 e. The van der Waals surface area contributed by atoms with Crippen molar-refractivity contribution in [1.82, 2.24) is 9.62 Å². The molecule has 1 aliphatic heterocycles. The van der Waals surface area contributed by atoms with Crippen LogP contribution in [0.25, 0.3) is 0 Å². The number of nitrogens with zero attached hydrogens (tertiary/aromatic N) is 2. The highest BCUT2D eigenvalue weighted by Gasteiger charge is 2.49. The lowest BCUT2D eigenvalue weighted by molar-refractivity contribution is 0.0141. The number of benzene rings is 2. The first-order valence-electron chi connectivity index (χ1n) is 11.9. The third-order valence-corrected chi connectivity index (χ3v) is 8.99. The number of aryl methyl sites for hydroxylation is 2. The molecule has 7 nitrogen and oxygen atoms in total. The first-order valence-corrected chi connectivity index (χ1v) is 13.4. The van der Waals surface area contributed by atoms with Crippen molar-refractivity contribution in [3.63, 3.8) is 0 Å². The van der Waals surface area contributed by atoms with E-state index in [1.54, 1.807) is 31.2 Å². The van der Waals surface area contributed by atoms with E-state index in [1.165, 1.54) is 16.4 Å². The Balaban J connectivity index is 1.48. The molecule has 1 heterocycles.